The van der Waals surface area contributed by atoms with Crippen LogP contribution in [0.1, 0.15) is 24.0 Å². The van der Waals surface area contributed by atoms with E-state index in [4.69, 9.17) is 5.11 Å². The van der Waals surface area contributed by atoms with Crippen LogP contribution in [0.4, 0.5) is 17.6 Å². The van der Waals surface area contributed by atoms with Crippen molar-refractivity contribution in [3.63, 3.8) is 0 Å². The molecule has 0 saturated carbocycles. The van der Waals surface area contributed by atoms with Crippen LogP contribution in [0.15, 0.2) is 18.2 Å². The fourth-order valence-corrected chi connectivity index (χ4v) is 3.02. The summed E-state index contributed by atoms with van der Waals surface area (Å²) in [6.07, 6.45) is -3.11. The SMILES string of the molecule is CN(CC(=O)O)C1CCN(Cc2cc(F)cc(C(F)(F)F)c2)CC1. The Hall–Kier alpha value is -1.67. The van der Waals surface area contributed by atoms with E-state index in [1.54, 1.807) is 11.9 Å². The van der Waals surface area contributed by atoms with Crippen molar-refractivity contribution in [2.45, 2.75) is 31.6 Å². The lowest BCUT2D eigenvalue weighted by molar-refractivity contribution is -0.139. The Morgan fingerprint density at radius 1 is 1.29 bits per heavy atom. The summed E-state index contributed by atoms with van der Waals surface area (Å²) in [6, 6.07) is 2.73. The van der Waals surface area contributed by atoms with E-state index in [1.165, 1.54) is 0 Å². The summed E-state index contributed by atoms with van der Waals surface area (Å²) < 4.78 is 51.6. The van der Waals surface area contributed by atoms with Crippen molar-refractivity contribution in [3.8, 4) is 0 Å². The van der Waals surface area contributed by atoms with E-state index in [1.807, 2.05) is 4.90 Å². The number of hydrogen-bond donors (Lipinski definition) is 1. The van der Waals surface area contributed by atoms with Gasteiger partial charge < -0.3 is 5.11 Å². The second-order valence-electron chi connectivity index (χ2n) is 6.16. The zero-order valence-electron chi connectivity index (χ0n) is 13.3. The zero-order valence-corrected chi connectivity index (χ0v) is 13.3. The summed E-state index contributed by atoms with van der Waals surface area (Å²) in [6.45, 7) is 1.47. The summed E-state index contributed by atoms with van der Waals surface area (Å²) in [5, 5.41) is 8.80. The highest BCUT2D eigenvalue weighted by atomic mass is 19.4. The van der Waals surface area contributed by atoms with Crippen LogP contribution >= 0.6 is 0 Å². The fraction of sp³-hybridized carbons (Fsp3) is 0.562. The summed E-state index contributed by atoms with van der Waals surface area (Å²) in [7, 11) is 1.75. The van der Waals surface area contributed by atoms with Crippen molar-refractivity contribution in [1.29, 1.82) is 0 Å². The lowest BCUT2D eigenvalue weighted by atomic mass is 10.0. The van der Waals surface area contributed by atoms with Gasteiger partial charge in [-0.15, -0.1) is 0 Å². The number of piperidine rings is 1. The number of carbonyl (C=O) groups is 1. The molecule has 0 aliphatic carbocycles. The maximum atomic E-state index is 13.4. The van der Waals surface area contributed by atoms with E-state index >= 15 is 0 Å². The van der Waals surface area contributed by atoms with Crippen molar-refractivity contribution in [1.82, 2.24) is 9.80 Å². The summed E-state index contributed by atoms with van der Waals surface area (Å²) >= 11 is 0. The molecular formula is C16H20F4N2O2. The lowest BCUT2D eigenvalue weighted by Crippen LogP contribution is -2.44. The molecule has 1 aliphatic heterocycles. The number of hydrogen-bond acceptors (Lipinski definition) is 3. The number of carboxylic acids is 1. The zero-order chi connectivity index (χ0) is 17.9. The monoisotopic (exact) mass is 348 g/mol. The number of alkyl halides is 3. The van der Waals surface area contributed by atoms with Crippen molar-refractivity contribution < 1.29 is 27.5 Å². The third-order valence-corrected chi connectivity index (χ3v) is 4.26. The van der Waals surface area contributed by atoms with Crippen LogP contribution in [0, 0.1) is 5.82 Å². The first-order valence-electron chi connectivity index (χ1n) is 7.66. The topological polar surface area (TPSA) is 43.8 Å². The van der Waals surface area contributed by atoms with Crippen molar-refractivity contribution >= 4 is 5.97 Å². The molecule has 1 N–H and O–H groups in total. The number of likely N-dealkylation sites (N-methyl/N-ethyl adjacent to an activating group) is 1. The molecule has 2 rings (SSSR count). The van der Waals surface area contributed by atoms with Crippen molar-refractivity contribution in [2.75, 3.05) is 26.7 Å². The quantitative estimate of drug-likeness (QED) is 0.831. The van der Waals surface area contributed by atoms with Gasteiger partial charge >= 0.3 is 12.1 Å². The van der Waals surface area contributed by atoms with Crippen LogP contribution in [-0.4, -0.2) is 53.6 Å². The van der Waals surface area contributed by atoms with Gasteiger partial charge in [-0.2, -0.15) is 13.2 Å². The Kier molecular flexibility index (Phi) is 5.82. The first kappa shape index (κ1) is 18.7. The van der Waals surface area contributed by atoms with Crippen LogP contribution in [0.5, 0.6) is 0 Å². The highest BCUT2D eigenvalue weighted by Gasteiger charge is 2.31. The van der Waals surface area contributed by atoms with E-state index in [-0.39, 0.29) is 19.1 Å². The third-order valence-electron chi connectivity index (χ3n) is 4.26. The smallest absolute Gasteiger partial charge is 0.416 e. The van der Waals surface area contributed by atoms with E-state index < -0.39 is 23.5 Å². The second kappa shape index (κ2) is 7.48. The molecule has 0 radical (unpaired) electrons. The van der Waals surface area contributed by atoms with Crippen LogP contribution < -0.4 is 0 Å². The average molecular weight is 348 g/mol. The molecule has 1 saturated heterocycles. The molecule has 24 heavy (non-hydrogen) atoms. The normalized spacial score (nSPS) is 17.4. The number of benzene rings is 1. The third kappa shape index (κ3) is 5.17. The van der Waals surface area contributed by atoms with Gasteiger partial charge in [-0.1, -0.05) is 0 Å². The molecule has 0 unspecified atom stereocenters. The Balaban J connectivity index is 1.94. The van der Waals surface area contributed by atoms with Gasteiger partial charge in [0.15, 0.2) is 0 Å². The summed E-state index contributed by atoms with van der Waals surface area (Å²) in [4.78, 5) is 14.4. The molecule has 0 atom stereocenters. The molecule has 1 aromatic rings. The predicted molar refractivity (Wildman–Crippen MR) is 80.0 cm³/mol. The highest BCUT2D eigenvalue weighted by Crippen LogP contribution is 2.31. The van der Waals surface area contributed by atoms with E-state index in [9.17, 15) is 22.4 Å². The van der Waals surface area contributed by atoms with E-state index in [0.29, 0.717) is 24.7 Å². The van der Waals surface area contributed by atoms with Gasteiger partial charge in [-0.05, 0) is 56.7 Å². The van der Waals surface area contributed by atoms with Crippen LogP contribution in [0.2, 0.25) is 0 Å². The van der Waals surface area contributed by atoms with Gasteiger partial charge in [0.25, 0.3) is 0 Å². The van der Waals surface area contributed by atoms with Crippen LogP contribution in [0.25, 0.3) is 0 Å². The molecule has 1 heterocycles. The first-order valence-corrected chi connectivity index (χ1v) is 7.66. The molecule has 1 aromatic carbocycles. The summed E-state index contributed by atoms with van der Waals surface area (Å²) in [5.41, 5.74) is -0.687. The molecule has 0 bridgehead atoms. The molecule has 8 heteroatoms. The first-order chi connectivity index (χ1) is 11.1. The lowest BCUT2D eigenvalue weighted by Gasteiger charge is -2.36. The second-order valence-corrected chi connectivity index (χ2v) is 6.16. The van der Waals surface area contributed by atoms with Gasteiger partial charge in [0.2, 0.25) is 0 Å². The van der Waals surface area contributed by atoms with E-state index in [0.717, 1.165) is 25.0 Å². The molecule has 0 aromatic heterocycles. The molecule has 4 nitrogen and oxygen atoms in total. The van der Waals surface area contributed by atoms with Crippen molar-refractivity contribution in [3.05, 3.63) is 35.1 Å². The Bertz CT molecular complexity index is 584. The highest BCUT2D eigenvalue weighted by molar-refractivity contribution is 5.69. The van der Waals surface area contributed by atoms with Gasteiger partial charge in [0.05, 0.1) is 12.1 Å². The number of rotatable bonds is 5. The number of halogens is 4. The Labute approximate surface area is 137 Å². The van der Waals surface area contributed by atoms with Gasteiger partial charge in [-0.25, -0.2) is 4.39 Å². The molecule has 1 fully saturated rings. The van der Waals surface area contributed by atoms with E-state index in [2.05, 4.69) is 0 Å². The molecule has 0 spiro atoms. The largest absolute Gasteiger partial charge is 0.480 e. The Morgan fingerprint density at radius 3 is 2.46 bits per heavy atom. The van der Waals surface area contributed by atoms with Crippen LogP contribution in [0.3, 0.4) is 0 Å². The fourth-order valence-electron chi connectivity index (χ4n) is 3.02. The van der Waals surface area contributed by atoms with Gasteiger partial charge in [-0.3, -0.25) is 14.6 Å². The maximum absolute atomic E-state index is 13.4. The standard InChI is InChI=1S/C16H20F4N2O2/c1-21(10-15(23)24)14-2-4-22(5-3-14)9-11-6-12(16(18,19)20)8-13(17)7-11/h6-8,14H,2-5,9-10H2,1H3,(H,23,24). The average Bonchev–Trinajstić information content (AvgIpc) is 2.45. The van der Waals surface area contributed by atoms with Gasteiger partial charge in [0.1, 0.15) is 5.82 Å². The molecular weight excluding hydrogens is 328 g/mol. The minimum absolute atomic E-state index is 0.0382. The van der Waals surface area contributed by atoms with Crippen LogP contribution in [-0.2, 0) is 17.5 Å². The van der Waals surface area contributed by atoms with Crippen molar-refractivity contribution in [2.24, 2.45) is 0 Å². The molecule has 1 aliphatic rings. The summed E-state index contributed by atoms with van der Waals surface area (Å²) in [5.74, 6) is -1.78. The number of carboxylic acid groups (broad SMARTS) is 1. The molecule has 0 amide bonds. The maximum Gasteiger partial charge on any atom is 0.416 e. The minimum Gasteiger partial charge on any atom is -0.480 e. The molecule has 134 valence electrons. The number of aliphatic carboxylic acids is 1. The minimum atomic E-state index is -4.57. The predicted octanol–water partition coefficient (Wildman–Crippen LogP) is 2.83. The number of nitrogens with zero attached hydrogens (tertiary/aromatic N) is 2. The van der Waals surface area contributed by atoms with Gasteiger partial charge in [0, 0.05) is 12.6 Å². The number of likely N-dealkylation sites (tertiary alicyclic amines) is 1. The Morgan fingerprint density at radius 2 is 1.92 bits per heavy atom.